The minimum atomic E-state index is -3.95. The highest BCUT2D eigenvalue weighted by Gasteiger charge is 2.16. The summed E-state index contributed by atoms with van der Waals surface area (Å²) in [4.78, 5) is 11.4. The smallest absolute Gasteiger partial charge is 0.293 e. The van der Waals surface area contributed by atoms with Crippen LogP contribution in [0.2, 0.25) is 0 Å². The van der Waals surface area contributed by atoms with E-state index in [1.54, 1.807) is 32.0 Å². The maximum Gasteiger partial charge on any atom is 0.358 e. The first-order valence-electron chi connectivity index (χ1n) is 5.60. The molecule has 6 heteroatoms. The van der Waals surface area contributed by atoms with Gasteiger partial charge in [0.15, 0.2) is 5.78 Å². The van der Waals surface area contributed by atoms with E-state index in [1.165, 1.54) is 12.1 Å². The molecule has 0 aliphatic carbocycles. The molecular weight excluding hydrogens is 254 g/mol. The van der Waals surface area contributed by atoms with Gasteiger partial charge in [-0.3, -0.25) is 9.08 Å². The van der Waals surface area contributed by atoms with Crippen LogP contribution in [0.5, 0.6) is 0 Å². The summed E-state index contributed by atoms with van der Waals surface area (Å²) in [7, 11) is -3.95. The molecule has 0 bridgehead atoms. The molecule has 0 aliphatic rings. The molecule has 18 heavy (non-hydrogen) atoms. The van der Waals surface area contributed by atoms with E-state index in [2.05, 4.69) is 9.44 Å². The van der Waals surface area contributed by atoms with E-state index >= 15 is 0 Å². The molecule has 0 aromatic heterocycles. The van der Waals surface area contributed by atoms with E-state index in [0.29, 0.717) is 6.42 Å². The first kappa shape index (κ1) is 14.4. The normalized spacial score (nSPS) is 12.2. The van der Waals surface area contributed by atoms with Gasteiger partial charge in [-0.15, -0.1) is 0 Å². The van der Waals surface area contributed by atoms with Crippen LogP contribution in [0.1, 0.15) is 26.7 Å². The molecule has 0 aliphatic heterocycles. The topological polar surface area (TPSA) is 72.8 Å². The molecule has 0 fully saturated rings. The van der Waals surface area contributed by atoms with Gasteiger partial charge < -0.3 is 0 Å². The SMILES string of the molecule is CCC(=O)/C(CC)=N/OS(=O)(=O)c1ccccc1. The van der Waals surface area contributed by atoms with Gasteiger partial charge in [-0.1, -0.05) is 37.2 Å². The number of hydrogen-bond acceptors (Lipinski definition) is 5. The fourth-order valence-electron chi connectivity index (χ4n) is 1.24. The van der Waals surface area contributed by atoms with Crippen LogP contribution in [0.3, 0.4) is 0 Å². The van der Waals surface area contributed by atoms with Crippen molar-refractivity contribution in [3.63, 3.8) is 0 Å². The van der Waals surface area contributed by atoms with Crippen LogP contribution in [0.4, 0.5) is 0 Å². The number of hydrogen-bond donors (Lipinski definition) is 0. The second kappa shape index (κ2) is 6.30. The third-order valence-electron chi connectivity index (χ3n) is 2.26. The Labute approximate surface area is 107 Å². The van der Waals surface area contributed by atoms with Crippen molar-refractivity contribution in [3.8, 4) is 0 Å². The number of ketones is 1. The lowest BCUT2D eigenvalue weighted by Crippen LogP contribution is -2.13. The molecule has 0 unspecified atom stereocenters. The zero-order valence-corrected chi connectivity index (χ0v) is 11.1. The lowest BCUT2D eigenvalue weighted by atomic mass is 10.1. The fraction of sp³-hybridized carbons (Fsp3) is 0.333. The van der Waals surface area contributed by atoms with Gasteiger partial charge in [0.25, 0.3) is 0 Å². The highest BCUT2D eigenvalue weighted by Crippen LogP contribution is 2.12. The molecule has 0 N–H and O–H groups in total. The quantitative estimate of drug-likeness (QED) is 0.586. The third kappa shape index (κ3) is 3.66. The Kier molecular flexibility index (Phi) is 5.03. The highest BCUT2D eigenvalue weighted by molar-refractivity contribution is 7.86. The Morgan fingerprint density at radius 1 is 1.17 bits per heavy atom. The Bertz CT molecular complexity index is 534. The van der Waals surface area contributed by atoms with Gasteiger partial charge in [-0.2, -0.15) is 8.42 Å². The molecule has 0 atom stereocenters. The molecule has 1 rings (SSSR count). The van der Waals surface area contributed by atoms with Crippen LogP contribution in [0.15, 0.2) is 40.4 Å². The summed E-state index contributed by atoms with van der Waals surface area (Å²) in [5.41, 5.74) is 0.122. The van der Waals surface area contributed by atoms with Crippen LogP contribution >= 0.6 is 0 Å². The summed E-state index contributed by atoms with van der Waals surface area (Å²) in [5.74, 6) is -0.222. The van der Waals surface area contributed by atoms with Gasteiger partial charge in [0.1, 0.15) is 10.6 Å². The molecule has 0 heterocycles. The van der Waals surface area contributed by atoms with E-state index in [-0.39, 0.29) is 22.8 Å². The van der Waals surface area contributed by atoms with Crippen molar-refractivity contribution in [1.29, 1.82) is 0 Å². The number of rotatable bonds is 6. The zero-order valence-electron chi connectivity index (χ0n) is 10.3. The van der Waals surface area contributed by atoms with E-state index in [1.807, 2.05) is 0 Å². The van der Waals surface area contributed by atoms with Crippen LogP contribution in [0, 0.1) is 0 Å². The van der Waals surface area contributed by atoms with Crippen molar-refractivity contribution in [3.05, 3.63) is 30.3 Å². The molecular formula is C12H15NO4S. The van der Waals surface area contributed by atoms with Crippen molar-refractivity contribution in [2.24, 2.45) is 5.16 Å². The Morgan fingerprint density at radius 2 is 1.78 bits per heavy atom. The second-order valence-electron chi connectivity index (χ2n) is 3.51. The fourth-order valence-corrected chi connectivity index (χ4v) is 2.01. The van der Waals surface area contributed by atoms with E-state index in [9.17, 15) is 13.2 Å². The molecule has 0 amide bonds. The van der Waals surface area contributed by atoms with Gasteiger partial charge in [0.05, 0.1) is 0 Å². The molecule has 98 valence electrons. The maximum absolute atomic E-state index is 11.7. The van der Waals surface area contributed by atoms with Crippen LogP contribution in [-0.4, -0.2) is 19.9 Å². The summed E-state index contributed by atoms with van der Waals surface area (Å²) in [5, 5.41) is 3.44. The summed E-state index contributed by atoms with van der Waals surface area (Å²) in [6.07, 6.45) is 0.596. The highest BCUT2D eigenvalue weighted by atomic mass is 32.2. The molecule has 5 nitrogen and oxygen atoms in total. The molecule has 0 saturated carbocycles. The first-order chi connectivity index (χ1) is 8.51. The minimum Gasteiger partial charge on any atom is -0.293 e. The largest absolute Gasteiger partial charge is 0.358 e. The van der Waals surface area contributed by atoms with Gasteiger partial charge in [0.2, 0.25) is 0 Å². The van der Waals surface area contributed by atoms with Crippen molar-refractivity contribution in [2.75, 3.05) is 0 Å². The molecule has 0 saturated heterocycles. The first-order valence-corrected chi connectivity index (χ1v) is 7.00. The Hall–Kier alpha value is -1.69. The molecule has 1 aromatic carbocycles. The second-order valence-corrected chi connectivity index (χ2v) is 5.04. The summed E-state index contributed by atoms with van der Waals surface area (Å²) < 4.78 is 28.0. The van der Waals surface area contributed by atoms with Gasteiger partial charge in [-0.25, -0.2) is 0 Å². The average Bonchev–Trinajstić information content (AvgIpc) is 2.40. The predicted molar refractivity (Wildman–Crippen MR) is 67.7 cm³/mol. The van der Waals surface area contributed by atoms with Gasteiger partial charge in [-0.05, 0) is 18.6 Å². The van der Waals surface area contributed by atoms with Crippen LogP contribution < -0.4 is 0 Å². The van der Waals surface area contributed by atoms with E-state index in [0.717, 1.165) is 0 Å². The monoisotopic (exact) mass is 269 g/mol. The maximum atomic E-state index is 11.7. The third-order valence-corrected chi connectivity index (χ3v) is 3.38. The minimum absolute atomic E-state index is 0.00755. The number of nitrogens with zero attached hydrogens (tertiary/aromatic N) is 1. The van der Waals surface area contributed by atoms with E-state index in [4.69, 9.17) is 0 Å². The Balaban J connectivity index is 2.91. The Morgan fingerprint density at radius 3 is 2.28 bits per heavy atom. The molecule has 1 aromatic rings. The number of benzene rings is 1. The standard InChI is InChI=1S/C12H15NO4S/c1-3-11(12(14)4-2)13-17-18(15,16)10-8-6-5-7-9-10/h5-9H,3-4H2,1-2H3/b13-11+. The number of Topliss-reactive ketones (excluding diaryl/α,β-unsaturated/α-hetero) is 1. The zero-order chi connectivity index (χ0) is 13.6. The van der Waals surface area contributed by atoms with Crippen LogP contribution in [0.25, 0.3) is 0 Å². The summed E-state index contributed by atoms with van der Waals surface area (Å²) in [6, 6.07) is 7.66. The van der Waals surface area contributed by atoms with Gasteiger partial charge >= 0.3 is 10.1 Å². The molecule has 0 radical (unpaired) electrons. The van der Waals surface area contributed by atoms with Crippen molar-refractivity contribution in [1.82, 2.24) is 0 Å². The number of oxime groups is 1. The molecule has 0 spiro atoms. The number of carbonyl (C=O) groups is 1. The van der Waals surface area contributed by atoms with Gasteiger partial charge in [0, 0.05) is 6.42 Å². The predicted octanol–water partition coefficient (Wildman–Crippen LogP) is 2.14. The van der Waals surface area contributed by atoms with Crippen molar-refractivity contribution in [2.45, 2.75) is 31.6 Å². The van der Waals surface area contributed by atoms with Crippen LogP contribution in [-0.2, 0) is 19.2 Å². The lowest BCUT2D eigenvalue weighted by Gasteiger charge is -2.03. The summed E-state index contributed by atoms with van der Waals surface area (Å²) >= 11 is 0. The number of carbonyl (C=O) groups excluding carboxylic acids is 1. The average molecular weight is 269 g/mol. The van der Waals surface area contributed by atoms with Crippen molar-refractivity contribution >= 4 is 21.6 Å². The van der Waals surface area contributed by atoms with E-state index < -0.39 is 10.1 Å². The van der Waals surface area contributed by atoms with Crippen molar-refractivity contribution < 1.29 is 17.5 Å². The summed E-state index contributed by atoms with van der Waals surface area (Å²) in [6.45, 7) is 3.39. The lowest BCUT2D eigenvalue weighted by molar-refractivity contribution is -0.112.